The first-order chi connectivity index (χ1) is 11.6. The minimum Gasteiger partial charge on any atom is -0.388 e. The van der Waals surface area contributed by atoms with Gasteiger partial charge in [-0.1, -0.05) is 12.1 Å². The van der Waals surface area contributed by atoms with Crippen molar-refractivity contribution < 1.29 is 4.21 Å². The molecule has 128 valence electrons. The summed E-state index contributed by atoms with van der Waals surface area (Å²) >= 11 is 0. The van der Waals surface area contributed by atoms with Crippen LogP contribution < -0.4 is 5.32 Å². The van der Waals surface area contributed by atoms with Crippen LogP contribution >= 0.6 is 12.4 Å². The van der Waals surface area contributed by atoms with E-state index in [0.29, 0.717) is 5.69 Å². The van der Waals surface area contributed by atoms with Gasteiger partial charge in [0.2, 0.25) is 0 Å². The van der Waals surface area contributed by atoms with Crippen LogP contribution in [0.4, 0.5) is 5.69 Å². The molecular formula is C18H17ClN4OS. The van der Waals surface area contributed by atoms with Crippen molar-refractivity contribution in [1.82, 2.24) is 9.78 Å². The number of benzene rings is 2. The fourth-order valence-corrected chi connectivity index (χ4v) is 2.94. The molecule has 0 spiro atoms. The fraction of sp³-hybridized carbons (Fsp3) is 0.111. The van der Waals surface area contributed by atoms with Gasteiger partial charge < -0.3 is 5.32 Å². The fourth-order valence-electron chi connectivity index (χ4n) is 2.42. The number of nitriles is 1. The number of hydrogen-bond donors (Lipinski definition) is 1. The molecule has 3 aromatic rings. The largest absolute Gasteiger partial charge is 0.388 e. The van der Waals surface area contributed by atoms with Crippen LogP contribution in [0.25, 0.3) is 16.9 Å². The Labute approximate surface area is 155 Å². The number of hydrogen-bond acceptors (Lipinski definition) is 4. The monoisotopic (exact) mass is 372 g/mol. The molecule has 0 aliphatic carbocycles. The summed E-state index contributed by atoms with van der Waals surface area (Å²) in [6.45, 7) is 0. The van der Waals surface area contributed by atoms with E-state index in [1.54, 1.807) is 17.0 Å². The minimum atomic E-state index is -1.02. The van der Waals surface area contributed by atoms with Gasteiger partial charge >= 0.3 is 0 Å². The van der Waals surface area contributed by atoms with E-state index in [2.05, 4.69) is 16.5 Å². The summed E-state index contributed by atoms with van der Waals surface area (Å²) in [7, 11) is 0.846. The number of nitrogens with zero attached hydrogens (tertiary/aromatic N) is 3. The molecule has 5 nitrogen and oxygen atoms in total. The molecule has 7 heteroatoms. The van der Waals surface area contributed by atoms with Gasteiger partial charge in [-0.05, 0) is 36.4 Å². The second-order valence-corrected chi connectivity index (χ2v) is 6.59. The molecule has 0 bridgehead atoms. The third kappa shape index (κ3) is 3.90. The molecule has 1 N–H and O–H groups in total. The average molecular weight is 373 g/mol. The number of halogens is 1. The molecule has 25 heavy (non-hydrogen) atoms. The van der Waals surface area contributed by atoms with Crippen molar-refractivity contribution in [2.24, 2.45) is 0 Å². The van der Waals surface area contributed by atoms with Crippen molar-refractivity contribution >= 4 is 28.9 Å². The van der Waals surface area contributed by atoms with Crippen molar-refractivity contribution in [3.8, 4) is 23.0 Å². The first kappa shape index (κ1) is 18.7. The molecule has 0 aliphatic rings. The molecular weight excluding hydrogens is 356 g/mol. The summed E-state index contributed by atoms with van der Waals surface area (Å²) in [5.41, 5.74) is 3.95. The summed E-state index contributed by atoms with van der Waals surface area (Å²) in [6.07, 6.45) is 1.65. The third-order valence-electron chi connectivity index (χ3n) is 3.71. The van der Waals surface area contributed by atoms with Gasteiger partial charge in [-0.25, -0.2) is 4.68 Å². The lowest BCUT2D eigenvalue weighted by molar-refractivity contribution is 0.687. The van der Waals surface area contributed by atoms with E-state index in [-0.39, 0.29) is 12.4 Å². The Morgan fingerprint density at radius 3 is 2.28 bits per heavy atom. The van der Waals surface area contributed by atoms with Crippen LogP contribution in [-0.4, -0.2) is 27.3 Å². The van der Waals surface area contributed by atoms with Crippen molar-refractivity contribution in [3.63, 3.8) is 0 Å². The number of rotatable bonds is 4. The smallest absolute Gasteiger partial charge is 0.163 e. The highest BCUT2D eigenvalue weighted by Crippen LogP contribution is 2.25. The lowest BCUT2D eigenvalue weighted by Crippen LogP contribution is -2.00. The predicted molar refractivity (Wildman–Crippen MR) is 103 cm³/mol. The Balaban J connectivity index is 0.00000225. The normalized spacial score (nSPS) is 11.2. The SMILES string of the molecule is CNc1ccc(-n2nc(C#N)cc2-c2ccc(S(C)=O)cc2)cc1.Cl. The van der Waals surface area contributed by atoms with E-state index in [0.717, 1.165) is 27.5 Å². The molecule has 1 aromatic heterocycles. The van der Waals surface area contributed by atoms with Gasteiger partial charge in [0.25, 0.3) is 0 Å². The second kappa shape index (κ2) is 7.97. The van der Waals surface area contributed by atoms with Crippen molar-refractivity contribution in [3.05, 3.63) is 60.3 Å². The average Bonchev–Trinajstić information content (AvgIpc) is 3.06. The zero-order valence-electron chi connectivity index (χ0n) is 13.8. The van der Waals surface area contributed by atoms with Gasteiger partial charge in [-0.2, -0.15) is 10.4 Å². The Morgan fingerprint density at radius 2 is 1.76 bits per heavy atom. The number of nitrogens with one attached hydrogen (secondary N) is 1. The van der Waals surface area contributed by atoms with Crippen LogP contribution in [-0.2, 0) is 10.8 Å². The second-order valence-electron chi connectivity index (χ2n) is 5.21. The highest BCUT2D eigenvalue weighted by atomic mass is 35.5. The molecule has 0 saturated heterocycles. The lowest BCUT2D eigenvalue weighted by Gasteiger charge is -2.09. The zero-order valence-corrected chi connectivity index (χ0v) is 15.4. The molecule has 1 heterocycles. The standard InChI is InChI=1S/C18H16N4OS.ClH/c1-20-14-5-7-16(8-6-14)22-18(11-15(12-19)21-22)13-3-9-17(10-4-13)24(2)23;/h3-11,20H,1-2H3;1H. The van der Waals surface area contributed by atoms with Crippen molar-refractivity contribution in [2.45, 2.75) is 4.90 Å². The van der Waals surface area contributed by atoms with Crippen LogP contribution in [0.15, 0.2) is 59.5 Å². The van der Waals surface area contributed by atoms with Gasteiger partial charge in [0.1, 0.15) is 6.07 Å². The Morgan fingerprint density at radius 1 is 1.12 bits per heavy atom. The van der Waals surface area contributed by atoms with Crippen LogP contribution in [0.5, 0.6) is 0 Å². The lowest BCUT2D eigenvalue weighted by atomic mass is 10.1. The summed E-state index contributed by atoms with van der Waals surface area (Å²) in [4.78, 5) is 0.767. The minimum absolute atomic E-state index is 0. The summed E-state index contributed by atoms with van der Waals surface area (Å²) in [5, 5.41) is 16.6. The Hall–Kier alpha value is -2.62. The quantitative estimate of drug-likeness (QED) is 0.759. The summed E-state index contributed by atoms with van der Waals surface area (Å²) in [6, 6.07) is 19.1. The van der Waals surface area contributed by atoms with Gasteiger partial charge in [-0.3, -0.25) is 4.21 Å². The van der Waals surface area contributed by atoms with Crippen LogP contribution in [0, 0.1) is 11.3 Å². The Kier molecular flexibility index (Phi) is 5.97. The number of aromatic nitrogens is 2. The molecule has 0 aliphatic heterocycles. The molecule has 2 aromatic carbocycles. The van der Waals surface area contributed by atoms with E-state index in [1.807, 2.05) is 55.6 Å². The van der Waals surface area contributed by atoms with Crippen LogP contribution in [0.1, 0.15) is 5.69 Å². The van der Waals surface area contributed by atoms with E-state index < -0.39 is 10.8 Å². The third-order valence-corrected chi connectivity index (χ3v) is 4.64. The molecule has 1 atom stereocenters. The topological polar surface area (TPSA) is 70.7 Å². The molecule has 0 saturated carbocycles. The Bertz CT molecular complexity index is 927. The number of anilines is 1. The van der Waals surface area contributed by atoms with Crippen LogP contribution in [0.3, 0.4) is 0 Å². The maximum atomic E-state index is 11.5. The van der Waals surface area contributed by atoms with Crippen LogP contribution in [0.2, 0.25) is 0 Å². The summed E-state index contributed by atoms with van der Waals surface area (Å²) < 4.78 is 13.3. The van der Waals surface area contributed by atoms with E-state index >= 15 is 0 Å². The van der Waals surface area contributed by atoms with E-state index in [4.69, 9.17) is 0 Å². The maximum absolute atomic E-state index is 11.5. The first-order valence-corrected chi connectivity index (χ1v) is 8.90. The zero-order chi connectivity index (χ0) is 17.1. The van der Waals surface area contributed by atoms with Gasteiger partial charge in [-0.15, -0.1) is 12.4 Å². The van der Waals surface area contributed by atoms with E-state index in [9.17, 15) is 9.47 Å². The molecule has 0 fully saturated rings. The first-order valence-electron chi connectivity index (χ1n) is 7.34. The highest BCUT2D eigenvalue weighted by molar-refractivity contribution is 7.84. The van der Waals surface area contributed by atoms with Gasteiger partial charge in [0.15, 0.2) is 5.69 Å². The maximum Gasteiger partial charge on any atom is 0.163 e. The van der Waals surface area contributed by atoms with Crippen molar-refractivity contribution in [1.29, 1.82) is 5.26 Å². The predicted octanol–water partition coefficient (Wildman–Crippen LogP) is 3.61. The van der Waals surface area contributed by atoms with Gasteiger partial charge in [0, 0.05) is 46.3 Å². The van der Waals surface area contributed by atoms with Crippen molar-refractivity contribution in [2.75, 3.05) is 18.6 Å². The summed E-state index contributed by atoms with van der Waals surface area (Å²) in [5.74, 6) is 0. The molecule has 1 unspecified atom stereocenters. The van der Waals surface area contributed by atoms with Gasteiger partial charge in [0.05, 0.1) is 11.4 Å². The molecule has 0 amide bonds. The molecule has 3 rings (SSSR count). The highest BCUT2D eigenvalue weighted by Gasteiger charge is 2.12. The molecule has 0 radical (unpaired) electrons. The van der Waals surface area contributed by atoms with E-state index in [1.165, 1.54) is 0 Å².